The SMILES string of the molecule is CCOC(=O)Cc1cc(F)ccc1OCc1cc(-c2ccnc(CC[S@@](=O)C(C)(C)C)c2F)c2ccn(C(C)C)c2c1. The average molecular weight is 597 g/mol. The molecule has 0 aliphatic heterocycles. The maximum Gasteiger partial charge on any atom is 0.310 e. The fourth-order valence-corrected chi connectivity index (χ4v) is 5.79. The molecule has 0 saturated heterocycles. The highest BCUT2D eigenvalue weighted by Crippen LogP contribution is 2.35. The van der Waals surface area contributed by atoms with Gasteiger partial charge in [0, 0.05) is 68.2 Å². The van der Waals surface area contributed by atoms with Crippen LogP contribution in [-0.4, -0.2) is 36.8 Å². The van der Waals surface area contributed by atoms with Crippen molar-refractivity contribution in [3.05, 3.63) is 83.3 Å². The van der Waals surface area contributed by atoms with Crippen molar-refractivity contribution in [1.29, 1.82) is 0 Å². The normalized spacial score (nSPS) is 12.6. The molecule has 0 saturated carbocycles. The predicted molar refractivity (Wildman–Crippen MR) is 163 cm³/mol. The van der Waals surface area contributed by atoms with Crippen LogP contribution < -0.4 is 4.74 Å². The summed E-state index contributed by atoms with van der Waals surface area (Å²) in [4.78, 5) is 16.4. The van der Waals surface area contributed by atoms with Crippen molar-refractivity contribution in [1.82, 2.24) is 9.55 Å². The number of halogens is 2. The van der Waals surface area contributed by atoms with Gasteiger partial charge in [0.15, 0.2) is 5.82 Å². The van der Waals surface area contributed by atoms with Gasteiger partial charge in [-0.15, -0.1) is 0 Å². The molecule has 0 spiro atoms. The van der Waals surface area contributed by atoms with Gasteiger partial charge in [-0.3, -0.25) is 14.0 Å². The summed E-state index contributed by atoms with van der Waals surface area (Å²) in [5, 5.41) is 0.881. The largest absolute Gasteiger partial charge is 0.489 e. The van der Waals surface area contributed by atoms with Crippen LogP contribution in [0, 0.1) is 11.6 Å². The Morgan fingerprint density at radius 2 is 1.83 bits per heavy atom. The van der Waals surface area contributed by atoms with Gasteiger partial charge in [-0.05, 0) is 95.1 Å². The first-order chi connectivity index (χ1) is 19.9. The number of fused-ring (bicyclic) bond motifs is 1. The van der Waals surface area contributed by atoms with Crippen LogP contribution in [0.2, 0.25) is 0 Å². The maximum absolute atomic E-state index is 16.0. The molecule has 0 amide bonds. The Labute approximate surface area is 248 Å². The van der Waals surface area contributed by atoms with Crippen LogP contribution in [0.15, 0.2) is 54.9 Å². The monoisotopic (exact) mass is 596 g/mol. The highest BCUT2D eigenvalue weighted by atomic mass is 32.2. The fraction of sp³-hybridized carbons (Fsp3) is 0.394. The topological polar surface area (TPSA) is 70.4 Å². The van der Waals surface area contributed by atoms with Crippen molar-refractivity contribution in [2.45, 2.75) is 71.8 Å². The smallest absolute Gasteiger partial charge is 0.310 e. The molecule has 224 valence electrons. The third-order valence-electron chi connectivity index (χ3n) is 6.97. The Kier molecular flexibility index (Phi) is 9.82. The number of rotatable bonds is 11. The molecule has 0 radical (unpaired) electrons. The summed E-state index contributed by atoms with van der Waals surface area (Å²) in [7, 11) is -1.13. The van der Waals surface area contributed by atoms with Gasteiger partial charge in [0.25, 0.3) is 0 Å². The van der Waals surface area contributed by atoms with Crippen LogP contribution in [0.5, 0.6) is 5.75 Å². The molecule has 0 aliphatic carbocycles. The van der Waals surface area contributed by atoms with Crippen LogP contribution in [0.3, 0.4) is 0 Å². The number of ether oxygens (including phenoxy) is 2. The second-order valence-electron chi connectivity index (χ2n) is 11.4. The predicted octanol–water partition coefficient (Wildman–Crippen LogP) is 7.34. The summed E-state index contributed by atoms with van der Waals surface area (Å²) in [6.45, 7) is 11.9. The lowest BCUT2D eigenvalue weighted by Gasteiger charge is -2.18. The molecular formula is C33H38F2N2O4S. The van der Waals surface area contributed by atoms with E-state index in [4.69, 9.17) is 9.47 Å². The van der Waals surface area contributed by atoms with Crippen LogP contribution in [0.25, 0.3) is 22.0 Å². The zero-order valence-corrected chi connectivity index (χ0v) is 25.8. The van der Waals surface area contributed by atoms with E-state index in [2.05, 4.69) is 23.4 Å². The minimum Gasteiger partial charge on any atom is -0.489 e. The molecule has 42 heavy (non-hydrogen) atoms. The van der Waals surface area contributed by atoms with Gasteiger partial charge in [0.2, 0.25) is 0 Å². The molecule has 2 heterocycles. The van der Waals surface area contributed by atoms with Crippen LogP contribution in [0.4, 0.5) is 8.78 Å². The highest BCUT2D eigenvalue weighted by molar-refractivity contribution is 7.86. The van der Waals surface area contributed by atoms with Gasteiger partial charge >= 0.3 is 5.97 Å². The van der Waals surface area contributed by atoms with Gasteiger partial charge in [-0.1, -0.05) is 0 Å². The number of benzene rings is 2. The lowest BCUT2D eigenvalue weighted by atomic mass is 9.98. The minimum absolute atomic E-state index is 0.109. The molecule has 0 bridgehead atoms. The molecule has 1 atom stereocenters. The van der Waals surface area contributed by atoms with Crippen LogP contribution in [-0.2, 0) is 39.8 Å². The van der Waals surface area contributed by atoms with Crippen LogP contribution in [0.1, 0.15) is 64.4 Å². The Balaban J connectivity index is 1.71. The lowest BCUT2D eigenvalue weighted by Crippen LogP contribution is -2.25. The Morgan fingerprint density at radius 1 is 1.07 bits per heavy atom. The third-order valence-corrected chi connectivity index (χ3v) is 8.91. The first-order valence-corrected chi connectivity index (χ1v) is 15.4. The van der Waals surface area contributed by atoms with Gasteiger partial charge in [0.05, 0.1) is 18.7 Å². The van der Waals surface area contributed by atoms with Gasteiger partial charge < -0.3 is 14.0 Å². The van der Waals surface area contributed by atoms with Crippen molar-refractivity contribution in [2.24, 2.45) is 0 Å². The summed E-state index contributed by atoms with van der Waals surface area (Å²) < 4.78 is 55.4. The van der Waals surface area contributed by atoms with Crippen molar-refractivity contribution >= 4 is 27.7 Å². The minimum atomic E-state index is -1.13. The van der Waals surface area contributed by atoms with E-state index in [1.165, 1.54) is 18.2 Å². The molecule has 4 aromatic rings. The molecular weight excluding hydrogens is 558 g/mol. The molecule has 9 heteroatoms. The summed E-state index contributed by atoms with van der Waals surface area (Å²) in [5.41, 5.74) is 3.44. The number of aromatic nitrogens is 2. The van der Waals surface area contributed by atoms with E-state index in [0.717, 1.165) is 16.5 Å². The van der Waals surface area contributed by atoms with Crippen molar-refractivity contribution in [3.63, 3.8) is 0 Å². The Hall–Kier alpha value is -3.59. The first kappa shape index (κ1) is 31.3. The van der Waals surface area contributed by atoms with Gasteiger partial charge in [0.1, 0.15) is 18.2 Å². The molecule has 2 aromatic heterocycles. The summed E-state index contributed by atoms with van der Waals surface area (Å²) in [5.74, 6) is -0.697. The maximum atomic E-state index is 16.0. The number of hydrogen-bond acceptors (Lipinski definition) is 5. The van der Waals surface area contributed by atoms with Crippen molar-refractivity contribution in [3.8, 4) is 16.9 Å². The number of carbonyl (C=O) groups excluding carboxylic acids is 1. The second kappa shape index (κ2) is 13.2. The lowest BCUT2D eigenvalue weighted by molar-refractivity contribution is -0.142. The van der Waals surface area contributed by atoms with Crippen molar-refractivity contribution < 1.29 is 27.3 Å². The highest BCUT2D eigenvalue weighted by Gasteiger charge is 2.22. The van der Waals surface area contributed by atoms with E-state index < -0.39 is 33.2 Å². The number of carbonyl (C=O) groups is 1. The van der Waals surface area contributed by atoms with E-state index in [0.29, 0.717) is 28.2 Å². The van der Waals surface area contributed by atoms with E-state index in [9.17, 15) is 13.4 Å². The van der Waals surface area contributed by atoms with Crippen molar-refractivity contribution in [2.75, 3.05) is 12.4 Å². The fourth-order valence-electron chi connectivity index (χ4n) is 4.80. The average Bonchev–Trinajstić information content (AvgIpc) is 3.35. The van der Waals surface area contributed by atoms with Gasteiger partial charge in [-0.2, -0.15) is 0 Å². The van der Waals surface area contributed by atoms with Crippen LogP contribution >= 0.6 is 0 Å². The number of aryl methyl sites for hydroxylation is 1. The Bertz CT molecular complexity index is 1610. The molecule has 0 aliphatic rings. The molecule has 2 aromatic carbocycles. The number of nitrogens with zero attached hydrogens (tertiary/aromatic N) is 2. The Morgan fingerprint density at radius 3 is 2.52 bits per heavy atom. The van der Waals surface area contributed by atoms with Gasteiger partial charge in [-0.25, -0.2) is 8.78 Å². The van der Waals surface area contributed by atoms with E-state index in [1.807, 2.05) is 45.2 Å². The number of esters is 1. The zero-order chi connectivity index (χ0) is 30.6. The molecule has 0 N–H and O–H groups in total. The number of pyridine rings is 1. The standard InChI is InChI=1S/C33H38F2N2O4S/c1-7-40-31(38)19-23-18-24(34)8-9-30(23)41-20-22-16-27(25-11-14-37(21(2)3)29(25)17-22)26-10-13-36-28(32(26)35)12-15-42(39)33(4,5)6/h8-11,13-14,16-18,21H,7,12,15,19-20H2,1-6H3/t42-/m1/s1. The van der Waals surface area contributed by atoms with E-state index in [-0.39, 0.29) is 37.8 Å². The second-order valence-corrected chi connectivity index (χ2v) is 13.8. The third kappa shape index (κ3) is 7.24. The summed E-state index contributed by atoms with van der Waals surface area (Å²) in [6.07, 6.45) is 3.71. The molecule has 0 fully saturated rings. The number of hydrogen-bond donors (Lipinski definition) is 0. The summed E-state index contributed by atoms with van der Waals surface area (Å²) in [6, 6.07) is 11.7. The molecule has 0 unspecified atom stereocenters. The quantitative estimate of drug-likeness (QED) is 0.170. The zero-order valence-electron chi connectivity index (χ0n) is 25.0. The molecule has 6 nitrogen and oxygen atoms in total. The molecule has 4 rings (SSSR count). The van der Waals surface area contributed by atoms with E-state index >= 15 is 4.39 Å². The first-order valence-electron chi connectivity index (χ1n) is 14.1. The summed E-state index contributed by atoms with van der Waals surface area (Å²) >= 11 is 0. The van der Waals surface area contributed by atoms with E-state index in [1.54, 1.807) is 19.2 Å².